The van der Waals surface area contributed by atoms with Crippen molar-refractivity contribution >= 4 is 34.4 Å². The van der Waals surface area contributed by atoms with E-state index in [1.54, 1.807) is 36.7 Å². The van der Waals surface area contributed by atoms with Gasteiger partial charge in [0.2, 0.25) is 0 Å². The number of fused-ring (bicyclic) bond motifs is 1. The summed E-state index contributed by atoms with van der Waals surface area (Å²) >= 11 is 5.62. The molecule has 0 bridgehead atoms. The molecule has 3 aromatic rings. The Labute approximate surface area is 112 Å². The minimum atomic E-state index is -0.270. The van der Waals surface area contributed by atoms with Gasteiger partial charge in [0, 0.05) is 5.56 Å². The van der Waals surface area contributed by atoms with Crippen LogP contribution in [0.1, 0.15) is 10.4 Å². The van der Waals surface area contributed by atoms with Gasteiger partial charge >= 0.3 is 0 Å². The van der Waals surface area contributed by atoms with Crippen LogP contribution in [0.3, 0.4) is 0 Å². The van der Waals surface area contributed by atoms with E-state index in [0.29, 0.717) is 11.4 Å². The molecule has 2 aromatic heterocycles. The summed E-state index contributed by atoms with van der Waals surface area (Å²) in [5.74, 6) is 0.0761. The van der Waals surface area contributed by atoms with Gasteiger partial charge in [-0.2, -0.15) is 0 Å². The fraction of sp³-hybridized carbons (Fsp3) is 0. The Balaban J connectivity index is 1.84. The molecule has 3 rings (SSSR count). The number of rotatable bonds is 2. The van der Waals surface area contributed by atoms with Crippen LogP contribution in [-0.4, -0.2) is 26.1 Å². The topological polar surface area (TPSA) is 83.6 Å². The van der Waals surface area contributed by atoms with Gasteiger partial charge in [-0.05, 0) is 30.3 Å². The SMILES string of the molecule is O=C(Nc1ccc(Cl)nn1)c1ccc2nc[nH]c2c1. The average Bonchev–Trinajstić information content (AvgIpc) is 2.88. The van der Waals surface area contributed by atoms with Gasteiger partial charge < -0.3 is 10.3 Å². The van der Waals surface area contributed by atoms with Crippen molar-refractivity contribution in [3.63, 3.8) is 0 Å². The van der Waals surface area contributed by atoms with Crippen LogP contribution in [-0.2, 0) is 0 Å². The molecule has 2 N–H and O–H groups in total. The molecule has 0 radical (unpaired) electrons. The maximum absolute atomic E-state index is 12.0. The molecular formula is C12H8ClN5O. The van der Waals surface area contributed by atoms with E-state index in [1.807, 2.05) is 0 Å². The lowest BCUT2D eigenvalue weighted by molar-refractivity contribution is 0.102. The monoisotopic (exact) mass is 273 g/mol. The summed E-state index contributed by atoms with van der Waals surface area (Å²) in [5, 5.41) is 10.3. The standard InChI is InChI=1S/C12H8ClN5O/c13-10-3-4-11(18-17-10)16-12(19)7-1-2-8-9(5-7)15-6-14-8/h1-6H,(H,14,15)(H,16,18,19). The van der Waals surface area contributed by atoms with Crippen LogP contribution in [0.15, 0.2) is 36.7 Å². The first kappa shape index (κ1) is 11.6. The number of aromatic nitrogens is 4. The van der Waals surface area contributed by atoms with Crippen molar-refractivity contribution < 1.29 is 4.79 Å². The zero-order valence-corrected chi connectivity index (χ0v) is 10.3. The summed E-state index contributed by atoms with van der Waals surface area (Å²) in [4.78, 5) is 19.1. The number of H-pyrrole nitrogens is 1. The lowest BCUT2D eigenvalue weighted by atomic mass is 10.2. The minimum Gasteiger partial charge on any atom is -0.345 e. The first-order valence-electron chi connectivity index (χ1n) is 5.46. The third-order valence-corrected chi connectivity index (χ3v) is 2.76. The first-order valence-corrected chi connectivity index (χ1v) is 5.84. The Kier molecular flexibility index (Phi) is 2.85. The molecule has 0 aliphatic carbocycles. The van der Waals surface area contributed by atoms with Crippen molar-refractivity contribution in [3.8, 4) is 0 Å². The van der Waals surface area contributed by atoms with E-state index in [0.717, 1.165) is 11.0 Å². The third kappa shape index (κ3) is 2.38. The lowest BCUT2D eigenvalue weighted by Gasteiger charge is -2.03. The quantitative estimate of drug-likeness (QED) is 0.750. The Morgan fingerprint density at radius 1 is 1.21 bits per heavy atom. The van der Waals surface area contributed by atoms with Crippen LogP contribution >= 0.6 is 11.6 Å². The number of aromatic amines is 1. The van der Waals surface area contributed by atoms with Gasteiger partial charge in [0.15, 0.2) is 11.0 Å². The molecule has 7 heteroatoms. The molecule has 0 fully saturated rings. The number of hydrogen-bond acceptors (Lipinski definition) is 4. The number of carbonyl (C=O) groups is 1. The second kappa shape index (κ2) is 4.66. The number of benzene rings is 1. The molecule has 0 saturated carbocycles. The van der Waals surface area contributed by atoms with Crippen molar-refractivity contribution in [2.75, 3.05) is 5.32 Å². The molecule has 0 spiro atoms. The van der Waals surface area contributed by atoms with E-state index < -0.39 is 0 Å². The van der Waals surface area contributed by atoms with E-state index in [1.165, 1.54) is 0 Å². The van der Waals surface area contributed by atoms with E-state index in [4.69, 9.17) is 11.6 Å². The molecule has 2 heterocycles. The average molecular weight is 274 g/mol. The second-order valence-electron chi connectivity index (χ2n) is 3.83. The van der Waals surface area contributed by atoms with Crippen LogP contribution in [0.5, 0.6) is 0 Å². The van der Waals surface area contributed by atoms with Crippen LogP contribution in [0, 0.1) is 0 Å². The molecule has 6 nitrogen and oxygen atoms in total. The van der Waals surface area contributed by atoms with Crippen LogP contribution < -0.4 is 5.32 Å². The normalized spacial score (nSPS) is 10.6. The van der Waals surface area contributed by atoms with E-state index >= 15 is 0 Å². The van der Waals surface area contributed by atoms with Gasteiger partial charge in [0.1, 0.15) is 0 Å². The minimum absolute atomic E-state index is 0.270. The summed E-state index contributed by atoms with van der Waals surface area (Å²) in [6.07, 6.45) is 1.58. The predicted octanol–water partition coefficient (Wildman–Crippen LogP) is 2.26. The largest absolute Gasteiger partial charge is 0.345 e. The zero-order valence-electron chi connectivity index (χ0n) is 9.59. The number of imidazole rings is 1. The van der Waals surface area contributed by atoms with Crippen LogP contribution in [0.4, 0.5) is 5.82 Å². The van der Waals surface area contributed by atoms with Crippen molar-refractivity contribution in [2.24, 2.45) is 0 Å². The number of anilines is 1. The molecule has 0 atom stereocenters. The maximum Gasteiger partial charge on any atom is 0.256 e. The molecule has 1 aromatic carbocycles. The smallest absolute Gasteiger partial charge is 0.256 e. The summed E-state index contributed by atoms with van der Waals surface area (Å²) in [5.41, 5.74) is 2.12. The number of hydrogen-bond donors (Lipinski definition) is 2. The number of nitrogens with one attached hydrogen (secondary N) is 2. The number of amides is 1. The van der Waals surface area contributed by atoms with Crippen LogP contribution in [0.25, 0.3) is 11.0 Å². The Morgan fingerprint density at radius 2 is 2.11 bits per heavy atom. The van der Waals surface area contributed by atoms with Crippen molar-refractivity contribution in [1.29, 1.82) is 0 Å². The van der Waals surface area contributed by atoms with Gasteiger partial charge in [0.25, 0.3) is 5.91 Å². The highest BCUT2D eigenvalue weighted by Gasteiger charge is 2.08. The van der Waals surface area contributed by atoms with E-state index in [-0.39, 0.29) is 11.1 Å². The summed E-state index contributed by atoms with van der Waals surface area (Å²) in [6.45, 7) is 0. The third-order valence-electron chi connectivity index (χ3n) is 2.56. The van der Waals surface area contributed by atoms with Crippen molar-refractivity contribution in [3.05, 3.63) is 47.4 Å². The Morgan fingerprint density at radius 3 is 2.89 bits per heavy atom. The highest BCUT2D eigenvalue weighted by atomic mass is 35.5. The molecule has 0 unspecified atom stereocenters. The van der Waals surface area contributed by atoms with E-state index in [9.17, 15) is 4.79 Å². The Hall–Kier alpha value is -2.47. The molecule has 94 valence electrons. The first-order chi connectivity index (χ1) is 9.22. The number of halogens is 1. The van der Waals surface area contributed by atoms with Gasteiger partial charge in [-0.1, -0.05) is 11.6 Å². The summed E-state index contributed by atoms with van der Waals surface area (Å²) < 4.78 is 0. The molecule has 1 amide bonds. The fourth-order valence-electron chi connectivity index (χ4n) is 1.65. The van der Waals surface area contributed by atoms with Crippen molar-refractivity contribution in [2.45, 2.75) is 0 Å². The van der Waals surface area contributed by atoms with E-state index in [2.05, 4.69) is 25.5 Å². The Bertz CT molecular complexity index is 737. The van der Waals surface area contributed by atoms with Crippen molar-refractivity contribution in [1.82, 2.24) is 20.2 Å². The van der Waals surface area contributed by atoms with Gasteiger partial charge in [-0.15, -0.1) is 10.2 Å². The molecule has 0 aliphatic rings. The predicted molar refractivity (Wildman–Crippen MR) is 71.1 cm³/mol. The summed E-state index contributed by atoms with van der Waals surface area (Å²) in [6, 6.07) is 8.33. The molecular weight excluding hydrogens is 266 g/mol. The van der Waals surface area contributed by atoms with Gasteiger partial charge in [-0.25, -0.2) is 4.98 Å². The summed E-state index contributed by atoms with van der Waals surface area (Å²) in [7, 11) is 0. The van der Waals surface area contributed by atoms with Crippen LogP contribution in [0.2, 0.25) is 5.15 Å². The molecule has 0 saturated heterocycles. The van der Waals surface area contributed by atoms with Gasteiger partial charge in [-0.3, -0.25) is 4.79 Å². The van der Waals surface area contributed by atoms with Gasteiger partial charge in [0.05, 0.1) is 17.4 Å². The second-order valence-corrected chi connectivity index (χ2v) is 4.22. The number of nitrogens with zero attached hydrogens (tertiary/aromatic N) is 3. The molecule has 19 heavy (non-hydrogen) atoms. The molecule has 0 aliphatic heterocycles. The maximum atomic E-state index is 12.0. The lowest BCUT2D eigenvalue weighted by Crippen LogP contribution is -2.13. The highest BCUT2D eigenvalue weighted by molar-refractivity contribution is 6.29. The highest BCUT2D eigenvalue weighted by Crippen LogP contribution is 2.13. The number of carbonyl (C=O) groups excluding carboxylic acids is 1. The zero-order chi connectivity index (χ0) is 13.2. The fourth-order valence-corrected chi connectivity index (χ4v) is 1.75.